The largest absolute Gasteiger partial charge is 0.283 e. The highest BCUT2D eigenvalue weighted by Gasteiger charge is 2.61. The number of rotatable bonds is 1. The van der Waals surface area contributed by atoms with Crippen molar-refractivity contribution in [2.45, 2.75) is 11.8 Å². The summed E-state index contributed by atoms with van der Waals surface area (Å²) in [6.45, 7) is 1.32. The SMILES string of the molecule is CC(=O)N1C(=O)[C@]2(SCC(=O)N2c2ccc(F)cc2)c2ccccc21. The van der Waals surface area contributed by atoms with Crippen LogP contribution < -0.4 is 9.80 Å². The van der Waals surface area contributed by atoms with E-state index in [9.17, 15) is 18.8 Å². The molecule has 0 aromatic heterocycles. The fourth-order valence-electron chi connectivity index (χ4n) is 3.39. The summed E-state index contributed by atoms with van der Waals surface area (Å²) in [5.74, 6) is -1.47. The van der Waals surface area contributed by atoms with Gasteiger partial charge in [-0.2, -0.15) is 0 Å². The van der Waals surface area contributed by atoms with Crippen LogP contribution in [0.3, 0.4) is 0 Å². The molecule has 3 amide bonds. The summed E-state index contributed by atoms with van der Waals surface area (Å²) in [6, 6.07) is 12.4. The number of halogens is 1. The number of fused-ring (bicyclic) bond motifs is 2. The van der Waals surface area contributed by atoms with Gasteiger partial charge in [-0.25, -0.2) is 9.29 Å². The molecule has 1 spiro atoms. The zero-order valence-electron chi connectivity index (χ0n) is 13.2. The molecule has 0 N–H and O–H groups in total. The monoisotopic (exact) mass is 356 g/mol. The van der Waals surface area contributed by atoms with Gasteiger partial charge in [0.2, 0.25) is 16.7 Å². The average molecular weight is 356 g/mol. The van der Waals surface area contributed by atoms with Gasteiger partial charge in [0.25, 0.3) is 5.91 Å². The topological polar surface area (TPSA) is 57.7 Å². The van der Waals surface area contributed by atoms with Gasteiger partial charge in [-0.15, -0.1) is 11.8 Å². The molecule has 1 atom stereocenters. The Kier molecular flexibility index (Phi) is 3.43. The van der Waals surface area contributed by atoms with Crippen molar-refractivity contribution < 1.29 is 18.8 Å². The number of carbonyl (C=O) groups excluding carboxylic acids is 3. The van der Waals surface area contributed by atoms with Gasteiger partial charge in [-0.3, -0.25) is 19.3 Å². The Bertz CT molecular complexity index is 915. The third-order valence-electron chi connectivity index (χ3n) is 4.37. The molecular formula is C18H13FN2O3S. The van der Waals surface area contributed by atoms with Crippen LogP contribution in [0.4, 0.5) is 15.8 Å². The molecule has 2 aliphatic rings. The number of nitrogens with zero attached hydrogens (tertiary/aromatic N) is 2. The van der Waals surface area contributed by atoms with Crippen molar-refractivity contribution in [2.24, 2.45) is 0 Å². The molecule has 5 nitrogen and oxygen atoms in total. The van der Waals surface area contributed by atoms with Gasteiger partial charge in [-0.05, 0) is 30.3 Å². The Hall–Kier alpha value is -2.67. The van der Waals surface area contributed by atoms with Gasteiger partial charge in [0.15, 0.2) is 0 Å². The van der Waals surface area contributed by atoms with Crippen LogP contribution in [-0.2, 0) is 19.3 Å². The molecule has 0 aliphatic carbocycles. The van der Waals surface area contributed by atoms with E-state index >= 15 is 0 Å². The highest BCUT2D eigenvalue weighted by Crippen LogP contribution is 2.55. The number of imide groups is 1. The second-order valence-electron chi connectivity index (χ2n) is 5.81. The molecule has 1 fully saturated rings. The maximum Gasteiger partial charge on any atom is 0.275 e. The maximum atomic E-state index is 13.3. The molecule has 25 heavy (non-hydrogen) atoms. The van der Waals surface area contributed by atoms with Gasteiger partial charge in [0.05, 0.1) is 11.4 Å². The standard InChI is InChI=1S/C18H13FN2O3S/c1-11(22)20-15-5-3-2-4-14(15)18(17(20)24)21(16(23)10-25-18)13-8-6-12(19)7-9-13/h2-9H,10H2,1H3/t18-/m1/s1. The van der Waals surface area contributed by atoms with Crippen molar-refractivity contribution in [3.8, 4) is 0 Å². The predicted molar refractivity (Wildman–Crippen MR) is 92.6 cm³/mol. The van der Waals surface area contributed by atoms with E-state index < -0.39 is 22.5 Å². The van der Waals surface area contributed by atoms with Crippen molar-refractivity contribution in [1.82, 2.24) is 0 Å². The number of hydrogen-bond donors (Lipinski definition) is 0. The fourth-order valence-corrected chi connectivity index (χ4v) is 4.73. The van der Waals surface area contributed by atoms with E-state index in [0.717, 1.165) is 4.90 Å². The lowest BCUT2D eigenvalue weighted by Gasteiger charge is -2.32. The van der Waals surface area contributed by atoms with E-state index in [1.54, 1.807) is 24.3 Å². The minimum absolute atomic E-state index is 0.100. The van der Waals surface area contributed by atoms with E-state index in [2.05, 4.69) is 0 Å². The first-order valence-corrected chi connectivity index (χ1v) is 8.62. The molecule has 0 saturated carbocycles. The van der Waals surface area contributed by atoms with Gasteiger partial charge < -0.3 is 0 Å². The third kappa shape index (κ3) is 2.05. The molecule has 2 aromatic rings. The lowest BCUT2D eigenvalue weighted by Crippen LogP contribution is -2.50. The smallest absolute Gasteiger partial charge is 0.275 e. The molecule has 0 bridgehead atoms. The number of hydrogen-bond acceptors (Lipinski definition) is 4. The minimum Gasteiger partial charge on any atom is -0.283 e. The van der Waals surface area contributed by atoms with Crippen LogP contribution in [-0.4, -0.2) is 23.5 Å². The van der Waals surface area contributed by atoms with Crippen LogP contribution in [0.2, 0.25) is 0 Å². The number of thioether (sulfide) groups is 1. The van der Waals surface area contributed by atoms with Crippen LogP contribution in [0.5, 0.6) is 0 Å². The number of benzene rings is 2. The summed E-state index contributed by atoms with van der Waals surface area (Å²) in [4.78, 5) is 39.1. The van der Waals surface area contributed by atoms with Gasteiger partial charge in [0, 0.05) is 18.2 Å². The Morgan fingerprint density at radius 1 is 1.12 bits per heavy atom. The van der Waals surface area contributed by atoms with Crippen LogP contribution in [0.1, 0.15) is 12.5 Å². The second-order valence-corrected chi connectivity index (χ2v) is 6.98. The van der Waals surface area contributed by atoms with Crippen LogP contribution in [0, 0.1) is 5.82 Å². The molecule has 7 heteroatoms. The summed E-state index contributed by atoms with van der Waals surface area (Å²) in [6.07, 6.45) is 0. The summed E-state index contributed by atoms with van der Waals surface area (Å²) in [7, 11) is 0. The average Bonchev–Trinajstić information content (AvgIpc) is 3.06. The van der Waals surface area contributed by atoms with E-state index in [4.69, 9.17) is 0 Å². The maximum absolute atomic E-state index is 13.3. The van der Waals surface area contributed by atoms with Gasteiger partial charge in [-0.1, -0.05) is 18.2 Å². The van der Waals surface area contributed by atoms with E-state index in [-0.39, 0.29) is 11.7 Å². The van der Waals surface area contributed by atoms with Crippen molar-refractivity contribution in [3.05, 3.63) is 59.9 Å². The molecule has 2 aliphatic heterocycles. The Labute approximate surface area is 147 Å². The summed E-state index contributed by atoms with van der Waals surface area (Å²) in [5, 5.41) is 0. The number of amides is 3. The van der Waals surface area contributed by atoms with Crippen LogP contribution in [0.25, 0.3) is 0 Å². The predicted octanol–water partition coefficient (Wildman–Crippen LogP) is 2.65. The van der Waals surface area contributed by atoms with Gasteiger partial charge >= 0.3 is 0 Å². The Balaban J connectivity index is 1.95. The van der Waals surface area contributed by atoms with E-state index in [1.165, 1.54) is 47.9 Å². The number of anilines is 2. The Morgan fingerprint density at radius 3 is 2.48 bits per heavy atom. The van der Waals surface area contributed by atoms with Crippen molar-refractivity contribution in [2.75, 3.05) is 15.6 Å². The van der Waals surface area contributed by atoms with Crippen molar-refractivity contribution in [1.29, 1.82) is 0 Å². The summed E-state index contributed by atoms with van der Waals surface area (Å²) < 4.78 is 13.3. The molecule has 126 valence electrons. The van der Waals surface area contributed by atoms with E-state index in [1.807, 2.05) is 0 Å². The second kappa shape index (κ2) is 5.42. The molecular weight excluding hydrogens is 343 g/mol. The lowest BCUT2D eigenvalue weighted by atomic mass is 10.0. The highest BCUT2D eigenvalue weighted by atomic mass is 32.2. The first-order chi connectivity index (χ1) is 12.0. The van der Waals surface area contributed by atoms with Gasteiger partial charge in [0.1, 0.15) is 5.82 Å². The third-order valence-corrected chi connectivity index (χ3v) is 5.76. The normalized spacial score (nSPS) is 22.0. The lowest BCUT2D eigenvalue weighted by molar-refractivity contribution is -0.128. The molecule has 1 saturated heterocycles. The first kappa shape index (κ1) is 15.8. The zero-order valence-corrected chi connectivity index (χ0v) is 14.0. The van der Waals surface area contributed by atoms with E-state index in [0.29, 0.717) is 16.9 Å². The first-order valence-electron chi connectivity index (χ1n) is 7.64. The summed E-state index contributed by atoms with van der Waals surface area (Å²) in [5.41, 5.74) is 1.50. The highest BCUT2D eigenvalue weighted by molar-refractivity contribution is 8.02. The van der Waals surface area contributed by atoms with Crippen LogP contribution in [0.15, 0.2) is 48.5 Å². The molecule has 0 radical (unpaired) electrons. The summed E-state index contributed by atoms with van der Waals surface area (Å²) >= 11 is 1.18. The van der Waals surface area contributed by atoms with Crippen LogP contribution >= 0.6 is 11.8 Å². The fraction of sp³-hybridized carbons (Fsp3) is 0.167. The van der Waals surface area contributed by atoms with Crippen molar-refractivity contribution in [3.63, 3.8) is 0 Å². The number of carbonyl (C=O) groups is 3. The molecule has 2 heterocycles. The molecule has 0 unspecified atom stereocenters. The molecule has 4 rings (SSSR count). The minimum atomic E-state index is -1.34. The molecule has 2 aromatic carbocycles. The van der Waals surface area contributed by atoms with Crippen molar-refractivity contribution >= 4 is 40.9 Å². The Morgan fingerprint density at radius 2 is 1.80 bits per heavy atom. The quantitative estimate of drug-likeness (QED) is 0.788. The number of para-hydroxylation sites is 1. The zero-order chi connectivity index (χ0) is 17.8.